The van der Waals surface area contributed by atoms with Crippen molar-refractivity contribution in [1.29, 1.82) is 0 Å². The first-order valence-corrected chi connectivity index (χ1v) is 7.57. The van der Waals surface area contributed by atoms with Crippen LogP contribution in [0.1, 0.15) is 12.5 Å². The minimum Gasteiger partial charge on any atom is -0.467 e. The maximum Gasteiger partial charge on any atom is 0.328 e. The second-order valence-electron chi connectivity index (χ2n) is 4.86. The van der Waals surface area contributed by atoms with E-state index in [2.05, 4.69) is 4.74 Å². The molecule has 0 radical (unpaired) electrons. The lowest BCUT2D eigenvalue weighted by Crippen LogP contribution is -2.42. The van der Waals surface area contributed by atoms with Crippen molar-refractivity contribution in [2.75, 3.05) is 13.9 Å². The van der Waals surface area contributed by atoms with Crippen molar-refractivity contribution in [2.24, 2.45) is 0 Å². The van der Waals surface area contributed by atoms with Gasteiger partial charge in [-0.1, -0.05) is 6.07 Å². The number of amides is 2. The lowest BCUT2D eigenvalue weighted by atomic mass is 10.2. The summed E-state index contributed by atoms with van der Waals surface area (Å²) in [5.41, 5.74) is 0.700. The topological polar surface area (TPSA) is 82.1 Å². The molecule has 23 heavy (non-hydrogen) atoms. The number of nitrogens with zero attached hydrogens (tertiary/aromatic N) is 1. The second kappa shape index (κ2) is 5.96. The van der Waals surface area contributed by atoms with Crippen molar-refractivity contribution in [3.63, 3.8) is 0 Å². The van der Waals surface area contributed by atoms with Gasteiger partial charge >= 0.3 is 5.97 Å². The fourth-order valence-electron chi connectivity index (χ4n) is 2.24. The van der Waals surface area contributed by atoms with E-state index in [1.165, 1.54) is 14.0 Å². The van der Waals surface area contributed by atoms with Gasteiger partial charge in [0, 0.05) is 0 Å². The highest BCUT2D eigenvalue weighted by Gasteiger charge is 2.41. The van der Waals surface area contributed by atoms with Crippen molar-refractivity contribution < 1.29 is 28.6 Å². The van der Waals surface area contributed by atoms with Crippen molar-refractivity contribution in [3.8, 4) is 11.5 Å². The van der Waals surface area contributed by atoms with E-state index in [0.717, 1.165) is 16.7 Å². The van der Waals surface area contributed by atoms with E-state index in [9.17, 15) is 14.4 Å². The van der Waals surface area contributed by atoms with Gasteiger partial charge in [0.05, 0.1) is 12.0 Å². The molecule has 3 rings (SSSR count). The molecule has 120 valence electrons. The van der Waals surface area contributed by atoms with Crippen LogP contribution in [0.25, 0.3) is 6.08 Å². The predicted molar refractivity (Wildman–Crippen MR) is 81.9 cm³/mol. The molecule has 0 spiro atoms. The Bertz CT molecular complexity index is 729. The number of fused-ring (bicyclic) bond motifs is 1. The van der Waals surface area contributed by atoms with Gasteiger partial charge in [-0.05, 0) is 42.5 Å². The van der Waals surface area contributed by atoms with E-state index in [1.54, 1.807) is 24.3 Å². The highest BCUT2D eigenvalue weighted by atomic mass is 32.2. The number of hydrogen-bond acceptors (Lipinski definition) is 7. The van der Waals surface area contributed by atoms with Gasteiger partial charge in [0.1, 0.15) is 6.04 Å². The third-order valence-electron chi connectivity index (χ3n) is 3.45. The SMILES string of the molecule is COC(=O)C(C)N1C(=O)SC(=Cc2ccc3c(c2)OCO3)C1=O. The monoisotopic (exact) mass is 335 g/mol. The largest absolute Gasteiger partial charge is 0.467 e. The number of esters is 1. The number of methoxy groups -OCH3 is 1. The number of carbonyl (C=O) groups is 3. The molecule has 0 bridgehead atoms. The predicted octanol–water partition coefficient (Wildman–Crippen LogP) is 2.01. The van der Waals surface area contributed by atoms with Gasteiger partial charge in [-0.2, -0.15) is 0 Å². The lowest BCUT2D eigenvalue weighted by Gasteiger charge is -2.18. The number of carbonyl (C=O) groups excluding carboxylic acids is 3. The lowest BCUT2D eigenvalue weighted by molar-refractivity contribution is -0.148. The zero-order valence-electron chi connectivity index (χ0n) is 12.4. The maximum absolute atomic E-state index is 12.4. The van der Waals surface area contributed by atoms with Crippen LogP contribution in [0.3, 0.4) is 0 Å². The Morgan fingerprint density at radius 2 is 2.09 bits per heavy atom. The highest BCUT2D eigenvalue weighted by molar-refractivity contribution is 8.18. The van der Waals surface area contributed by atoms with Crippen LogP contribution in [-0.4, -0.2) is 42.0 Å². The summed E-state index contributed by atoms with van der Waals surface area (Å²) in [6.07, 6.45) is 1.58. The second-order valence-corrected chi connectivity index (χ2v) is 5.86. The number of thioether (sulfide) groups is 1. The quantitative estimate of drug-likeness (QED) is 0.617. The minimum absolute atomic E-state index is 0.159. The van der Waals surface area contributed by atoms with Gasteiger partial charge in [0.25, 0.3) is 11.1 Å². The Labute approximate surface area is 136 Å². The molecule has 2 heterocycles. The summed E-state index contributed by atoms with van der Waals surface area (Å²) in [6, 6.07) is 4.25. The number of rotatable bonds is 3. The van der Waals surface area contributed by atoms with E-state index >= 15 is 0 Å². The summed E-state index contributed by atoms with van der Waals surface area (Å²) in [4.78, 5) is 37.1. The number of ether oxygens (including phenoxy) is 3. The molecule has 0 aliphatic carbocycles. The molecule has 0 N–H and O–H groups in total. The molecule has 2 aliphatic heterocycles. The molecule has 2 amide bonds. The molecular formula is C15H13NO6S. The number of benzene rings is 1. The van der Waals surface area contributed by atoms with Crippen LogP contribution in [-0.2, 0) is 14.3 Å². The van der Waals surface area contributed by atoms with Gasteiger partial charge in [-0.3, -0.25) is 14.5 Å². The fourth-order valence-corrected chi connectivity index (χ4v) is 3.15. The molecule has 1 fully saturated rings. The van der Waals surface area contributed by atoms with Gasteiger partial charge in [-0.15, -0.1) is 0 Å². The highest BCUT2D eigenvalue weighted by Crippen LogP contribution is 2.36. The van der Waals surface area contributed by atoms with Gasteiger partial charge in [-0.25, -0.2) is 4.79 Å². The van der Waals surface area contributed by atoms with Crippen LogP contribution < -0.4 is 9.47 Å². The van der Waals surface area contributed by atoms with Crippen molar-refractivity contribution in [1.82, 2.24) is 4.90 Å². The van der Waals surface area contributed by atoms with Crippen LogP contribution in [0, 0.1) is 0 Å². The average molecular weight is 335 g/mol. The summed E-state index contributed by atoms with van der Waals surface area (Å²) in [7, 11) is 1.21. The molecule has 1 unspecified atom stereocenters. The van der Waals surface area contributed by atoms with Crippen LogP contribution in [0.15, 0.2) is 23.1 Å². The third-order valence-corrected chi connectivity index (χ3v) is 4.33. The maximum atomic E-state index is 12.4. The zero-order valence-corrected chi connectivity index (χ0v) is 13.2. The van der Waals surface area contributed by atoms with Gasteiger partial charge < -0.3 is 14.2 Å². The van der Waals surface area contributed by atoms with E-state index in [0.29, 0.717) is 17.1 Å². The summed E-state index contributed by atoms with van der Waals surface area (Å²) in [5, 5.41) is -0.500. The van der Waals surface area contributed by atoms with Gasteiger partial charge in [0.2, 0.25) is 6.79 Å². The van der Waals surface area contributed by atoms with E-state index in [-0.39, 0.29) is 11.7 Å². The molecule has 1 aromatic rings. The summed E-state index contributed by atoms with van der Waals surface area (Å²) in [6.45, 7) is 1.61. The van der Waals surface area contributed by atoms with Crippen molar-refractivity contribution >= 4 is 35.0 Å². The Morgan fingerprint density at radius 3 is 2.83 bits per heavy atom. The number of imide groups is 1. The van der Waals surface area contributed by atoms with Crippen molar-refractivity contribution in [2.45, 2.75) is 13.0 Å². The molecule has 1 aromatic carbocycles. The summed E-state index contributed by atoms with van der Waals surface area (Å²) < 4.78 is 15.1. The first-order chi connectivity index (χ1) is 11.0. The molecule has 8 heteroatoms. The van der Waals surface area contributed by atoms with Crippen LogP contribution in [0.5, 0.6) is 11.5 Å². The molecule has 0 saturated carbocycles. The average Bonchev–Trinajstić information content (AvgIpc) is 3.10. The Kier molecular flexibility index (Phi) is 3.99. The van der Waals surface area contributed by atoms with E-state index < -0.39 is 23.2 Å². The first-order valence-electron chi connectivity index (χ1n) is 6.76. The fraction of sp³-hybridized carbons (Fsp3) is 0.267. The van der Waals surface area contributed by atoms with E-state index in [4.69, 9.17) is 9.47 Å². The van der Waals surface area contributed by atoms with Crippen LogP contribution in [0.4, 0.5) is 4.79 Å². The molecule has 1 saturated heterocycles. The first kappa shape index (κ1) is 15.4. The minimum atomic E-state index is -0.963. The van der Waals surface area contributed by atoms with Crippen LogP contribution >= 0.6 is 11.8 Å². The third kappa shape index (κ3) is 2.77. The molecule has 7 nitrogen and oxygen atoms in total. The Balaban J connectivity index is 1.85. The Hall–Kier alpha value is -2.48. The summed E-state index contributed by atoms with van der Waals surface area (Å²) >= 11 is 0.785. The normalized spacial score (nSPS) is 19.4. The van der Waals surface area contributed by atoms with Crippen molar-refractivity contribution in [3.05, 3.63) is 28.7 Å². The zero-order chi connectivity index (χ0) is 16.6. The van der Waals surface area contributed by atoms with Gasteiger partial charge in [0.15, 0.2) is 11.5 Å². The molecular weight excluding hydrogens is 322 g/mol. The van der Waals surface area contributed by atoms with E-state index in [1.807, 2.05) is 0 Å². The molecule has 1 atom stereocenters. The standard InChI is InChI=1S/C15H13NO6S/c1-8(14(18)20-2)16-13(17)12(23-15(16)19)6-9-3-4-10-11(5-9)22-7-21-10/h3-6,8H,7H2,1-2H3. The summed E-state index contributed by atoms with van der Waals surface area (Å²) in [5.74, 6) is 0.0580. The van der Waals surface area contributed by atoms with Crippen LogP contribution in [0.2, 0.25) is 0 Å². The molecule has 0 aromatic heterocycles. The Morgan fingerprint density at radius 1 is 1.35 bits per heavy atom. The number of hydrogen-bond donors (Lipinski definition) is 0. The smallest absolute Gasteiger partial charge is 0.328 e. The molecule has 2 aliphatic rings.